The van der Waals surface area contributed by atoms with Gasteiger partial charge in [0.15, 0.2) is 5.78 Å². The second-order valence-electron chi connectivity index (χ2n) is 6.28. The van der Waals surface area contributed by atoms with E-state index in [1.807, 2.05) is 6.07 Å². The van der Waals surface area contributed by atoms with Gasteiger partial charge in [0.05, 0.1) is 6.61 Å². The van der Waals surface area contributed by atoms with Crippen LogP contribution in [0.3, 0.4) is 0 Å². The molecule has 0 saturated carbocycles. The highest BCUT2D eigenvalue weighted by atomic mass is 16.6. The summed E-state index contributed by atoms with van der Waals surface area (Å²) in [6, 6.07) is 7.87. The number of ether oxygens (including phenoxy) is 2. The van der Waals surface area contributed by atoms with Gasteiger partial charge >= 0.3 is 12.1 Å². The molecule has 0 saturated heterocycles. The molecule has 0 heterocycles. The average Bonchev–Trinajstić information content (AvgIpc) is 2.50. The van der Waals surface area contributed by atoms with E-state index in [2.05, 4.69) is 5.32 Å². The summed E-state index contributed by atoms with van der Waals surface area (Å²) >= 11 is 0. The Morgan fingerprint density at radius 3 is 2.29 bits per heavy atom. The quantitative estimate of drug-likeness (QED) is 0.611. The van der Waals surface area contributed by atoms with Gasteiger partial charge in [0.25, 0.3) is 0 Å². The molecular formula is C18H25NO5. The Morgan fingerprint density at radius 1 is 1.12 bits per heavy atom. The van der Waals surface area contributed by atoms with Gasteiger partial charge in [-0.1, -0.05) is 30.3 Å². The van der Waals surface area contributed by atoms with E-state index in [1.54, 1.807) is 52.0 Å². The van der Waals surface area contributed by atoms with Crippen molar-refractivity contribution >= 4 is 17.8 Å². The summed E-state index contributed by atoms with van der Waals surface area (Å²) in [6.45, 7) is 7.05. The lowest BCUT2D eigenvalue weighted by atomic mass is 10.0. The Labute approximate surface area is 142 Å². The highest BCUT2D eigenvalue weighted by molar-refractivity contribution is 5.96. The lowest BCUT2D eigenvalue weighted by molar-refractivity contribution is -0.145. The van der Waals surface area contributed by atoms with E-state index in [0.29, 0.717) is 5.56 Å². The molecule has 1 rings (SSSR count). The average molecular weight is 335 g/mol. The second-order valence-corrected chi connectivity index (χ2v) is 6.28. The minimum absolute atomic E-state index is 0.101. The fraction of sp³-hybridized carbons (Fsp3) is 0.500. The Hall–Kier alpha value is -2.37. The number of esters is 1. The number of Topliss-reactive ketones (excluding diaryl/α,β-unsaturated/α-hetero) is 1. The van der Waals surface area contributed by atoms with E-state index in [9.17, 15) is 14.4 Å². The van der Waals surface area contributed by atoms with Crippen LogP contribution in [0.2, 0.25) is 0 Å². The van der Waals surface area contributed by atoms with Crippen LogP contribution < -0.4 is 5.32 Å². The number of nitrogens with one attached hydrogen (secondary N) is 1. The Balaban J connectivity index is 2.67. The van der Waals surface area contributed by atoms with Gasteiger partial charge in [-0.2, -0.15) is 0 Å². The van der Waals surface area contributed by atoms with Crippen molar-refractivity contribution in [1.29, 1.82) is 0 Å². The number of ketones is 1. The van der Waals surface area contributed by atoms with Crippen LogP contribution in [0.15, 0.2) is 30.3 Å². The maximum Gasteiger partial charge on any atom is 0.408 e. The summed E-state index contributed by atoms with van der Waals surface area (Å²) in [4.78, 5) is 36.0. The lowest BCUT2D eigenvalue weighted by Crippen LogP contribution is -2.44. The van der Waals surface area contributed by atoms with E-state index in [1.165, 1.54) is 0 Å². The van der Waals surface area contributed by atoms with Crippen molar-refractivity contribution in [3.8, 4) is 0 Å². The molecule has 6 nitrogen and oxygen atoms in total. The summed E-state index contributed by atoms with van der Waals surface area (Å²) in [5, 5.41) is 2.48. The third-order valence-electron chi connectivity index (χ3n) is 3.02. The van der Waals surface area contributed by atoms with Gasteiger partial charge in [-0.05, 0) is 34.1 Å². The molecular weight excluding hydrogens is 310 g/mol. The van der Waals surface area contributed by atoms with Crippen molar-refractivity contribution in [3.63, 3.8) is 0 Å². The SMILES string of the molecule is CCOC(=O)[C@@H](CCC(=O)c1ccccc1)NC(=O)OC(C)(C)C. The van der Waals surface area contributed by atoms with Crippen molar-refractivity contribution in [2.45, 2.75) is 52.2 Å². The van der Waals surface area contributed by atoms with Crippen molar-refractivity contribution in [2.75, 3.05) is 6.61 Å². The molecule has 1 aromatic rings. The summed E-state index contributed by atoms with van der Waals surface area (Å²) in [7, 11) is 0. The Kier molecular flexibility index (Phi) is 7.42. The fourth-order valence-corrected chi connectivity index (χ4v) is 1.99. The van der Waals surface area contributed by atoms with Crippen LogP contribution >= 0.6 is 0 Å². The molecule has 24 heavy (non-hydrogen) atoms. The minimum Gasteiger partial charge on any atom is -0.464 e. The largest absolute Gasteiger partial charge is 0.464 e. The van der Waals surface area contributed by atoms with Gasteiger partial charge in [0.1, 0.15) is 11.6 Å². The number of hydrogen-bond donors (Lipinski definition) is 1. The maximum atomic E-state index is 12.1. The van der Waals surface area contributed by atoms with E-state index in [-0.39, 0.29) is 25.2 Å². The number of hydrogen-bond acceptors (Lipinski definition) is 5. The zero-order valence-electron chi connectivity index (χ0n) is 14.6. The Morgan fingerprint density at radius 2 is 1.75 bits per heavy atom. The number of benzene rings is 1. The van der Waals surface area contributed by atoms with E-state index >= 15 is 0 Å². The standard InChI is InChI=1S/C18H25NO5/c1-5-23-16(21)14(19-17(22)24-18(2,3)4)11-12-15(20)13-9-7-6-8-10-13/h6-10,14H,5,11-12H2,1-4H3,(H,19,22)/t14-/m1/s1. The van der Waals surface area contributed by atoms with Crippen LogP contribution in [0.1, 0.15) is 50.9 Å². The molecule has 0 fully saturated rings. The third-order valence-corrected chi connectivity index (χ3v) is 3.02. The predicted molar refractivity (Wildman–Crippen MR) is 89.8 cm³/mol. The van der Waals surface area contributed by atoms with Gasteiger partial charge in [0, 0.05) is 12.0 Å². The van der Waals surface area contributed by atoms with Crippen molar-refractivity contribution in [3.05, 3.63) is 35.9 Å². The van der Waals surface area contributed by atoms with Gasteiger partial charge in [-0.15, -0.1) is 0 Å². The number of rotatable bonds is 7. The van der Waals surface area contributed by atoms with Gasteiger partial charge in [-0.25, -0.2) is 9.59 Å². The maximum absolute atomic E-state index is 12.1. The molecule has 0 unspecified atom stereocenters. The fourth-order valence-electron chi connectivity index (χ4n) is 1.99. The number of carbonyl (C=O) groups is 3. The first-order chi connectivity index (χ1) is 11.2. The summed E-state index contributed by atoms with van der Waals surface area (Å²) in [5.74, 6) is -0.680. The van der Waals surface area contributed by atoms with Gasteiger partial charge in [-0.3, -0.25) is 4.79 Å². The smallest absolute Gasteiger partial charge is 0.408 e. The monoisotopic (exact) mass is 335 g/mol. The summed E-state index contributed by atoms with van der Waals surface area (Å²) in [6.07, 6.45) is -0.456. The molecule has 6 heteroatoms. The number of amides is 1. The predicted octanol–water partition coefficient (Wildman–Crippen LogP) is 3.11. The topological polar surface area (TPSA) is 81.7 Å². The molecule has 0 aliphatic carbocycles. The van der Waals surface area contributed by atoms with Crippen molar-refractivity contribution in [2.24, 2.45) is 0 Å². The Bertz CT molecular complexity index is 563. The van der Waals surface area contributed by atoms with Crippen molar-refractivity contribution in [1.82, 2.24) is 5.32 Å². The molecule has 1 amide bonds. The zero-order valence-corrected chi connectivity index (χ0v) is 14.6. The summed E-state index contributed by atoms with van der Waals surface area (Å²) in [5.41, 5.74) is -0.110. The molecule has 132 valence electrons. The second kappa shape index (κ2) is 9.05. The van der Waals surface area contributed by atoms with Crippen molar-refractivity contribution < 1.29 is 23.9 Å². The molecule has 0 aliphatic heterocycles. The van der Waals surface area contributed by atoms with E-state index in [4.69, 9.17) is 9.47 Å². The highest BCUT2D eigenvalue weighted by Crippen LogP contribution is 2.10. The summed E-state index contributed by atoms with van der Waals surface area (Å²) < 4.78 is 10.1. The van der Waals surface area contributed by atoms with Gasteiger partial charge in [0.2, 0.25) is 0 Å². The molecule has 0 aromatic heterocycles. The van der Waals surface area contributed by atoms with E-state index < -0.39 is 23.7 Å². The minimum atomic E-state index is -0.924. The molecule has 0 spiro atoms. The first-order valence-corrected chi connectivity index (χ1v) is 7.97. The zero-order chi connectivity index (χ0) is 18.2. The van der Waals surface area contributed by atoms with Gasteiger partial charge < -0.3 is 14.8 Å². The normalized spacial score (nSPS) is 12.2. The molecule has 0 radical (unpaired) electrons. The van der Waals surface area contributed by atoms with Crippen LogP contribution in [0.5, 0.6) is 0 Å². The number of carbonyl (C=O) groups excluding carboxylic acids is 3. The molecule has 1 aromatic carbocycles. The molecule has 1 N–H and O–H groups in total. The van der Waals surface area contributed by atoms with E-state index in [0.717, 1.165) is 0 Å². The van der Waals surface area contributed by atoms with Crippen LogP contribution in [-0.2, 0) is 14.3 Å². The third kappa shape index (κ3) is 7.26. The molecule has 0 aliphatic rings. The first kappa shape index (κ1) is 19.7. The number of alkyl carbamates (subject to hydrolysis) is 1. The highest BCUT2D eigenvalue weighted by Gasteiger charge is 2.26. The van der Waals surface area contributed by atoms with Crippen LogP contribution in [-0.4, -0.2) is 36.1 Å². The molecule has 1 atom stereocenters. The lowest BCUT2D eigenvalue weighted by Gasteiger charge is -2.22. The van der Waals surface area contributed by atoms with Crippen LogP contribution in [0.25, 0.3) is 0 Å². The molecule has 0 bridgehead atoms. The first-order valence-electron chi connectivity index (χ1n) is 7.97. The van der Waals surface area contributed by atoms with Crippen LogP contribution in [0, 0.1) is 0 Å². The van der Waals surface area contributed by atoms with Crippen LogP contribution in [0.4, 0.5) is 4.79 Å².